The molecule has 0 aromatic heterocycles. The molecular weight excluding hydrogens is 280 g/mol. The fourth-order valence-electron chi connectivity index (χ4n) is 2.20. The number of nitrogens with one attached hydrogen (secondary N) is 1. The molecule has 1 nitrogen and oxygen atoms in total. The lowest BCUT2D eigenvalue weighted by atomic mass is 9.98. The summed E-state index contributed by atoms with van der Waals surface area (Å²) in [6.07, 6.45) is 0.550. The predicted octanol–water partition coefficient (Wildman–Crippen LogP) is 4.51. The van der Waals surface area contributed by atoms with Crippen LogP contribution < -0.4 is 5.32 Å². The van der Waals surface area contributed by atoms with Crippen LogP contribution in [0.15, 0.2) is 42.5 Å². The van der Waals surface area contributed by atoms with Gasteiger partial charge in [0, 0.05) is 11.1 Å². The Morgan fingerprint density at radius 1 is 1.10 bits per heavy atom. The predicted molar refractivity (Wildman–Crippen MR) is 77.9 cm³/mol. The summed E-state index contributed by atoms with van der Waals surface area (Å²) < 4.78 is 26.2. The second kappa shape index (κ2) is 6.82. The molecule has 2 aromatic rings. The Hall–Kier alpha value is -1.45. The molecule has 0 amide bonds. The topological polar surface area (TPSA) is 12.0 Å². The lowest BCUT2D eigenvalue weighted by molar-refractivity contribution is 0.502. The molecule has 20 heavy (non-hydrogen) atoms. The van der Waals surface area contributed by atoms with Crippen molar-refractivity contribution in [2.45, 2.75) is 19.4 Å². The zero-order chi connectivity index (χ0) is 14.5. The van der Waals surface area contributed by atoms with Crippen molar-refractivity contribution < 1.29 is 8.78 Å². The van der Waals surface area contributed by atoms with E-state index in [1.807, 2.05) is 31.2 Å². The fraction of sp³-hybridized carbons (Fsp3) is 0.250. The van der Waals surface area contributed by atoms with Crippen LogP contribution in [0.1, 0.15) is 24.1 Å². The third-order valence-electron chi connectivity index (χ3n) is 3.16. The van der Waals surface area contributed by atoms with E-state index in [4.69, 9.17) is 11.6 Å². The molecular formula is C16H16ClF2N. The number of rotatable bonds is 5. The molecule has 1 N–H and O–H groups in total. The summed E-state index contributed by atoms with van der Waals surface area (Å²) in [6, 6.07) is 11.5. The summed E-state index contributed by atoms with van der Waals surface area (Å²) in [6.45, 7) is 2.76. The lowest BCUT2D eigenvalue weighted by Gasteiger charge is -2.19. The Morgan fingerprint density at radius 2 is 1.85 bits per heavy atom. The average Bonchev–Trinajstić information content (AvgIpc) is 2.43. The molecule has 0 spiro atoms. The molecule has 0 aliphatic rings. The van der Waals surface area contributed by atoms with E-state index in [1.54, 1.807) is 6.07 Å². The van der Waals surface area contributed by atoms with Crippen molar-refractivity contribution in [1.82, 2.24) is 5.32 Å². The van der Waals surface area contributed by atoms with Gasteiger partial charge in [0.2, 0.25) is 0 Å². The van der Waals surface area contributed by atoms with Crippen molar-refractivity contribution in [3.63, 3.8) is 0 Å². The van der Waals surface area contributed by atoms with Crippen molar-refractivity contribution in [2.24, 2.45) is 0 Å². The quantitative estimate of drug-likeness (QED) is 0.855. The molecule has 0 aliphatic carbocycles. The molecule has 0 heterocycles. The van der Waals surface area contributed by atoms with Crippen LogP contribution in [-0.4, -0.2) is 6.54 Å². The minimum Gasteiger partial charge on any atom is -0.310 e. The van der Waals surface area contributed by atoms with E-state index in [0.29, 0.717) is 11.4 Å². The summed E-state index contributed by atoms with van der Waals surface area (Å²) in [7, 11) is 0. The summed E-state index contributed by atoms with van der Waals surface area (Å²) in [5.41, 5.74) is 1.69. The zero-order valence-corrected chi connectivity index (χ0v) is 11.9. The minimum atomic E-state index is -0.827. The highest BCUT2D eigenvalue weighted by atomic mass is 35.5. The first kappa shape index (κ1) is 14.9. The number of halogens is 3. The smallest absolute Gasteiger partial charge is 0.159 e. The van der Waals surface area contributed by atoms with Gasteiger partial charge in [0.25, 0.3) is 0 Å². The molecule has 2 rings (SSSR count). The Balaban J connectivity index is 2.25. The normalized spacial score (nSPS) is 12.4. The lowest BCUT2D eigenvalue weighted by Crippen LogP contribution is -2.23. The Labute approximate surface area is 122 Å². The van der Waals surface area contributed by atoms with Crippen LogP contribution >= 0.6 is 11.6 Å². The summed E-state index contributed by atoms with van der Waals surface area (Å²) >= 11 is 6.20. The summed E-state index contributed by atoms with van der Waals surface area (Å²) in [5.74, 6) is -1.65. The van der Waals surface area contributed by atoms with E-state index in [2.05, 4.69) is 5.32 Å². The first-order valence-electron chi connectivity index (χ1n) is 6.53. The number of hydrogen-bond donors (Lipinski definition) is 1. The second-order valence-electron chi connectivity index (χ2n) is 4.58. The van der Waals surface area contributed by atoms with Gasteiger partial charge in [-0.25, -0.2) is 8.78 Å². The van der Waals surface area contributed by atoms with Crippen molar-refractivity contribution in [1.29, 1.82) is 0 Å². The molecule has 0 saturated carbocycles. The van der Waals surface area contributed by atoms with Gasteiger partial charge in [-0.3, -0.25) is 0 Å². The summed E-state index contributed by atoms with van der Waals surface area (Å²) in [4.78, 5) is 0. The molecule has 2 aromatic carbocycles. The molecule has 0 aliphatic heterocycles. The third-order valence-corrected chi connectivity index (χ3v) is 3.50. The van der Waals surface area contributed by atoms with Crippen LogP contribution in [0.4, 0.5) is 8.78 Å². The minimum absolute atomic E-state index is 0.0291. The standard InChI is InChI=1S/C16H16ClF2N/c1-2-20-16(12-5-3-4-6-13(12)17)10-11-7-8-14(18)15(19)9-11/h3-9,16,20H,2,10H2,1H3. The molecule has 0 fully saturated rings. The average molecular weight is 296 g/mol. The second-order valence-corrected chi connectivity index (χ2v) is 4.99. The first-order chi connectivity index (χ1) is 9.61. The van der Waals surface area contributed by atoms with Crippen LogP contribution in [0.25, 0.3) is 0 Å². The fourth-order valence-corrected chi connectivity index (χ4v) is 2.47. The molecule has 0 bridgehead atoms. The van der Waals surface area contributed by atoms with E-state index < -0.39 is 11.6 Å². The SMILES string of the molecule is CCNC(Cc1ccc(F)c(F)c1)c1ccccc1Cl. The summed E-state index contributed by atoms with van der Waals surface area (Å²) in [5, 5.41) is 3.99. The monoisotopic (exact) mass is 295 g/mol. The van der Waals surface area contributed by atoms with Crippen molar-refractivity contribution >= 4 is 11.6 Å². The van der Waals surface area contributed by atoms with E-state index in [-0.39, 0.29) is 6.04 Å². The maximum atomic E-state index is 13.3. The van der Waals surface area contributed by atoms with E-state index >= 15 is 0 Å². The van der Waals surface area contributed by atoms with Gasteiger partial charge >= 0.3 is 0 Å². The highest BCUT2D eigenvalue weighted by Gasteiger charge is 2.15. The van der Waals surface area contributed by atoms with E-state index in [0.717, 1.165) is 23.7 Å². The maximum Gasteiger partial charge on any atom is 0.159 e. The Kier molecular flexibility index (Phi) is 5.10. The van der Waals surface area contributed by atoms with Crippen LogP contribution in [0.5, 0.6) is 0 Å². The molecule has 1 unspecified atom stereocenters. The Morgan fingerprint density at radius 3 is 2.50 bits per heavy atom. The molecule has 0 radical (unpaired) electrons. The largest absolute Gasteiger partial charge is 0.310 e. The Bertz CT molecular complexity index is 586. The van der Waals surface area contributed by atoms with Gasteiger partial charge in [-0.05, 0) is 42.3 Å². The highest BCUT2D eigenvalue weighted by molar-refractivity contribution is 6.31. The van der Waals surface area contributed by atoms with Crippen molar-refractivity contribution in [2.75, 3.05) is 6.54 Å². The van der Waals surface area contributed by atoms with Crippen molar-refractivity contribution in [3.8, 4) is 0 Å². The van der Waals surface area contributed by atoms with E-state index in [1.165, 1.54) is 6.07 Å². The highest BCUT2D eigenvalue weighted by Crippen LogP contribution is 2.26. The van der Waals surface area contributed by atoms with Gasteiger partial charge in [0.1, 0.15) is 0 Å². The first-order valence-corrected chi connectivity index (χ1v) is 6.91. The molecule has 0 saturated heterocycles. The van der Waals surface area contributed by atoms with Crippen LogP contribution in [0.3, 0.4) is 0 Å². The van der Waals surface area contributed by atoms with Gasteiger partial charge in [-0.1, -0.05) is 42.8 Å². The van der Waals surface area contributed by atoms with Crippen LogP contribution in [-0.2, 0) is 6.42 Å². The van der Waals surface area contributed by atoms with Crippen LogP contribution in [0.2, 0.25) is 5.02 Å². The molecule has 1 atom stereocenters. The number of benzene rings is 2. The van der Waals surface area contributed by atoms with Gasteiger partial charge < -0.3 is 5.32 Å². The molecule has 106 valence electrons. The van der Waals surface area contributed by atoms with E-state index in [9.17, 15) is 8.78 Å². The van der Waals surface area contributed by atoms with Gasteiger partial charge in [-0.15, -0.1) is 0 Å². The van der Waals surface area contributed by atoms with Gasteiger partial charge in [0.15, 0.2) is 11.6 Å². The van der Waals surface area contributed by atoms with Gasteiger partial charge in [0.05, 0.1) is 0 Å². The zero-order valence-electron chi connectivity index (χ0n) is 11.2. The number of hydrogen-bond acceptors (Lipinski definition) is 1. The van der Waals surface area contributed by atoms with Crippen molar-refractivity contribution in [3.05, 3.63) is 70.2 Å². The third kappa shape index (κ3) is 3.56. The number of likely N-dealkylation sites (N-methyl/N-ethyl adjacent to an activating group) is 1. The maximum absolute atomic E-state index is 13.3. The van der Waals surface area contributed by atoms with Gasteiger partial charge in [-0.2, -0.15) is 0 Å². The molecule has 4 heteroatoms. The van der Waals surface area contributed by atoms with Crippen LogP contribution in [0, 0.1) is 11.6 Å².